The quantitative estimate of drug-likeness (QED) is 0.763. The van der Waals surface area contributed by atoms with Crippen LogP contribution in [0.2, 0.25) is 0 Å². The zero-order chi connectivity index (χ0) is 11.5. The molecule has 0 fully saturated rings. The third-order valence-corrected chi connectivity index (χ3v) is 2.22. The van der Waals surface area contributed by atoms with Gasteiger partial charge in [-0.1, -0.05) is 18.2 Å². The van der Waals surface area contributed by atoms with Gasteiger partial charge >= 0.3 is 0 Å². The smallest absolute Gasteiger partial charge is 0.265 e. The topological polar surface area (TPSA) is 22.0 Å². The highest BCUT2D eigenvalue weighted by atomic mass is 19.3. The minimum absolute atomic E-state index is 0.149. The molecular weight excluding hydrogens is 212 g/mol. The molecule has 0 aliphatic heterocycles. The molecule has 4 heteroatoms. The Bertz CT molecular complexity index is 491. The van der Waals surface area contributed by atoms with Gasteiger partial charge in [-0.2, -0.15) is 0 Å². The summed E-state index contributed by atoms with van der Waals surface area (Å²) in [5.41, 5.74) is 0.322. The number of carbonyl (C=O) groups excluding carboxylic acids is 1. The Balaban J connectivity index is 2.28. The Morgan fingerprint density at radius 3 is 2.38 bits per heavy atom. The zero-order valence-electron chi connectivity index (χ0n) is 8.31. The number of rotatable bonds is 2. The summed E-state index contributed by atoms with van der Waals surface area (Å²) in [6.07, 6.45) is -0.0542. The van der Waals surface area contributed by atoms with Gasteiger partial charge in [-0.15, -0.1) is 0 Å². The highest BCUT2D eigenvalue weighted by Gasteiger charge is 2.12. The molecule has 0 atom stereocenters. The third-order valence-electron chi connectivity index (χ3n) is 2.22. The number of hydrogen-bond donors (Lipinski definition) is 0. The van der Waals surface area contributed by atoms with Crippen LogP contribution in [0.1, 0.15) is 22.3 Å². The minimum Gasteiger partial charge on any atom is -0.290 e. The van der Waals surface area contributed by atoms with Crippen molar-refractivity contribution in [1.29, 1.82) is 0 Å². The summed E-state index contributed by atoms with van der Waals surface area (Å²) in [5, 5.41) is 0. The Morgan fingerprint density at radius 1 is 1.12 bits per heavy atom. The lowest BCUT2D eigenvalue weighted by Crippen LogP contribution is -2.09. The van der Waals surface area contributed by atoms with E-state index in [-0.39, 0.29) is 11.5 Å². The van der Waals surface area contributed by atoms with Crippen molar-refractivity contribution in [2.45, 2.75) is 6.43 Å². The van der Waals surface area contributed by atoms with Gasteiger partial charge in [0.1, 0.15) is 0 Å². The van der Waals surface area contributed by atoms with E-state index in [0.29, 0.717) is 5.56 Å². The fourth-order valence-electron chi connectivity index (χ4n) is 1.40. The number of halogens is 2. The SMILES string of the molecule is O=C(c1ccccc1)n1ccc(C(F)F)c1. The van der Waals surface area contributed by atoms with Crippen molar-refractivity contribution < 1.29 is 13.6 Å². The molecule has 2 nitrogen and oxygen atoms in total. The van der Waals surface area contributed by atoms with Crippen molar-refractivity contribution in [3.63, 3.8) is 0 Å². The normalized spacial score (nSPS) is 10.7. The van der Waals surface area contributed by atoms with Crippen LogP contribution in [-0.4, -0.2) is 10.5 Å². The molecule has 0 spiro atoms. The van der Waals surface area contributed by atoms with Crippen molar-refractivity contribution in [2.75, 3.05) is 0 Å². The Morgan fingerprint density at radius 2 is 1.81 bits per heavy atom. The highest BCUT2D eigenvalue weighted by molar-refractivity contribution is 5.95. The molecule has 0 unspecified atom stereocenters. The molecule has 0 N–H and O–H groups in total. The van der Waals surface area contributed by atoms with Crippen molar-refractivity contribution in [1.82, 2.24) is 4.57 Å². The lowest BCUT2D eigenvalue weighted by atomic mass is 10.2. The fraction of sp³-hybridized carbons (Fsp3) is 0.0833. The monoisotopic (exact) mass is 221 g/mol. The molecule has 82 valence electrons. The molecule has 0 saturated carbocycles. The lowest BCUT2D eigenvalue weighted by molar-refractivity contribution is 0.0959. The first-order chi connectivity index (χ1) is 7.68. The number of carbonyl (C=O) groups is 1. The predicted molar refractivity (Wildman–Crippen MR) is 55.6 cm³/mol. The van der Waals surface area contributed by atoms with Gasteiger partial charge in [0.15, 0.2) is 0 Å². The number of nitrogens with zero attached hydrogens (tertiary/aromatic N) is 1. The van der Waals surface area contributed by atoms with Gasteiger partial charge in [0.2, 0.25) is 0 Å². The van der Waals surface area contributed by atoms with Crippen LogP contribution in [-0.2, 0) is 0 Å². The lowest BCUT2D eigenvalue weighted by Gasteiger charge is -2.00. The fourth-order valence-corrected chi connectivity index (χ4v) is 1.40. The van der Waals surface area contributed by atoms with Gasteiger partial charge in [0, 0.05) is 23.5 Å². The van der Waals surface area contributed by atoms with Crippen LogP contribution in [0.3, 0.4) is 0 Å². The first-order valence-corrected chi connectivity index (χ1v) is 4.74. The maximum absolute atomic E-state index is 12.3. The molecule has 0 aliphatic rings. The maximum atomic E-state index is 12.3. The van der Waals surface area contributed by atoms with Gasteiger partial charge in [-0.05, 0) is 18.2 Å². The molecule has 0 amide bonds. The third kappa shape index (κ3) is 2.00. The van der Waals surface area contributed by atoms with E-state index in [1.165, 1.54) is 12.3 Å². The maximum Gasteiger partial charge on any atom is 0.265 e. The molecule has 0 saturated heterocycles. The zero-order valence-corrected chi connectivity index (χ0v) is 8.31. The Labute approximate surface area is 91.1 Å². The molecule has 2 rings (SSSR count). The Hall–Kier alpha value is -1.97. The van der Waals surface area contributed by atoms with Gasteiger partial charge in [-0.3, -0.25) is 9.36 Å². The second kappa shape index (κ2) is 4.26. The van der Waals surface area contributed by atoms with Crippen LogP contribution in [0.5, 0.6) is 0 Å². The molecule has 0 bridgehead atoms. The minimum atomic E-state index is -2.55. The number of benzene rings is 1. The summed E-state index contributed by atoms with van der Waals surface area (Å²) in [6.45, 7) is 0. The van der Waals surface area contributed by atoms with Crippen LogP contribution in [0.4, 0.5) is 8.78 Å². The average Bonchev–Trinajstić information content (AvgIpc) is 2.78. The molecule has 0 radical (unpaired) electrons. The Kier molecular flexibility index (Phi) is 2.81. The highest BCUT2D eigenvalue weighted by Crippen LogP contribution is 2.19. The van der Waals surface area contributed by atoms with Gasteiger partial charge < -0.3 is 0 Å². The van der Waals surface area contributed by atoms with E-state index in [1.807, 2.05) is 0 Å². The summed E-state index contributed by atoms with van der Waals surface area (Å²) >= 11 is 0. The molecule has 1 heterocycles. The second-order valence-corrected chi connectivity index (χ2v) is 3.32. The van der Waals surface area contributed by atoms with E-state index >= 15 is 0 Å². The van der Waals surface area contributed by atoms with Crippen LogP contribution in [0, 0.1) is 0 Å². The van der Waals surface area contributed by atoms with E-state index in [1.54, 1.807) is 30.3 Å². The summed E-state index contributed by atoms with van der Waals surface area (Å²) in [5.74, 6) is -0.312. The van der Waals surface area contributed by atoms with Crippen LogP contribution < -0.4 is 0 Å². The van der Waals surface area contributed by atoms with Crippen LogP contribution >= 0.6 is 0 Å². The largest absolute Gasteiger partial charge is 0.290 e. The summed E-state index contributed by atoms with van der Waals surface area (Å²) < 4.78 is 25.8. The van der Waals surface area contributed by atoms with Crippen molar-refractivity contribution in [3.05, 3.63) is 59.9 Å². The van der Waals surface area contributed by atoms with Crippen molar-refractivity contribution >= 4 is 5.91 Å². The molecule has 1 aromatic carbocycles. The van der Waals surface area contributed by atoms with E-state index in [2.05, 4.69) is 0 Å². The number of hydrogen-bond acceptors (Lipinski definition) is 1. The molecule has 16 heavy (non-hydrogen) atoms. The van der Waals surface area contributed by atoms with Crippen LogP contribution in [0.25, 0.3) is 0 Å². The first kappa shape index (κ1) is 10.5. The van der Waals surface area contributed by atoms with Crippen LogP contribution in [0.15, 0.2) is 48.8 Å². The molecular formula is C12H9F2NO. The van der Waals surface area contributed by atoms with E-state index < -0.39 is 6.43 Å². The molecule has 0 aliphatic carbocycles. The number of alkyl halides is 2. The molecule has 1 aromatic heterocycles. The van der Waals surface area contributed by atoms with Gasteiger partial charge in [0.25, 0.3) is 12.3 Å². The molecule has 2 aromatic rings. The van der Waals surface area contributed by atoms with Crippen molar-refractivity contribution in [3.8, 4) is 0 Å². The van der Waals surface area contributed by atoms with Gasteiger partial charge in [0.05, 0.1) is 0 Å². The van der Waals surface area contributed by atoms with E-state index in [0.717, 1.165) is 10.8 Å². The van der Waals surface area contributed by atoms with Crippen molar-refractivity contribution in [2.24, 2.45) is 0 Å². The second-order valence-electron chi connectivity index (χ2n) is 3.32. The first-order valence-electron chi connectivity index (χ1n) is 4.74. The van der Waals surface area contributed by atoms with E-state index in [9.17, 15) is 13.6 Å². The van der Waals surface area contributed by atoms with Gasteiger partial charge in [-0.25, -0.2) is 8.78 Å². The average molecular weight is 221 g/mol. The summed E-state index contributed by atoms with van der Waals surface area (Å²) in [7, 11) is 0. The van der Waals surface area contributed by atoms with E-state index in [4.69, 9.17) is 0 Å². The standard InChI is InChI=1S/C12H9F2NO/c13-11(14)10-6-7-15(8-10)12(16)9-4-2-1-3-5-9/h1-8,11H. The summed E-state index contributed by atoms with van der Waals surface area (Å²) in [6, 6.07) is 9.77. The summed E-state index contributed by atoms with van der Waals surface area (Å²) in [4.78, 5) is 11.8. The predicted octanol–water partition coefficient (Wildman–Crippen LogP) is 3.11. The number of aromatic nitrogens is 1.